The molecular formula is C20H27N3O3S. The summed E-state index contributed by atoms with van der Waals surface area (Å²) >= 11 is 1.48. The van der Waals surface area contributed by atoms with Gasteiger partial charge in [-0.25, -0.2) is 0 Å². The maximum atomic E-state index is 12.8. The van der Waals surface area contributed by atoms with Gasteiger partial charge in [0, 0.05) is 6.04 Å². The fraction of sp³-hybridized carbons (Fsp3) is 0.500. The largest absolute Gasteiger partial charge is 0.494 e. The van der Waals surface area contributed by atoms with E-state index in [2.05, 4.69) is 31.2 Å². The van der Waals surface area contributed by atoms with Crippen LogP contribution in [0.1, 0.15) is 62.5 Å². The summed E-state index contributed by atoms with van der Waals surface area (Å²) in [6, 6.07) is 7.93. The third kappa shape index (κ3) is 4.24. The van der Waals surface area contributed by atoms with E-state index in [-0.39, 0.29) is 22.8 Å². The van der Waals surface area contributed by atoms with E-state index in [0.717, 1.165) is 30.6 Å². The predicted octanol–water partition coefficient (Wildman–Crippen LogP) is 4.10. The minimum absolute atomic E-state index is 0.0805. The second-order valence-corrected chi connectivity index (χ2v) is 7.96. The van der Waals surface area contributed by atoms with Crippen molar-refractivity contribution in [3.05, 3.63) is 45.7 Å². The number of fused-ring (bicyclic) bond motifs is 1. The molecule has 3 rings (SSSR count). The lowest BCUT2D eigenvalue weighted by Crippen LogP contribution is -2.18. The summed E-state index contributed by atoms with van der Waals surface area (Å²) in [6.45, 7) is 6.91. The highest BCUT2D eigenvalue weighted by Crippen LogP contribution is 2.40. The highest BCUT2D eigenvalue weighted by atomic mass is 32.2. The normalized spacial score (nSPS) is 17.7. The number of nitrogens with zero attached hydrogens (tertiary/aromatic N) is 1. The first-order chi connectivity index (χ1) is 13.0. The zero-order valence-electron chi connectivity index (χ0n) is 16.1. The van der Waals surface area contributed by atoms with Gasteiger partial charge in [0.15, 0.2) is 0 Å². The summed E-state index contributed by atoms with van der Waals surface area (Å²) in [7, 11) is 0. The van der Waals surface area contributed by atoms with Gasteiger partial charge in [-0.1, -0.05) is 32.4 Å². The van der Waals surface area contributed by atoms with Crippen LogP contribution in [0.15, 0.2) is 29.1 Å². The lowest BCUT2D eigenvalue weighted by Gasteiger charge is -2.17. The van der Waals surface area contributed by atoms with Crippen LogP contribution < -0.4 is 15.6 Å². The molecule has 2 heterocycles. The number of H-pyrrole nitrogens is 1. The van der Waals surface area contributed by atoms with Gasteiger partial charge in [-0.05, 0) is 37.5 Å². The minimum atomic E-state index is -0.196. The lowest BCUT2D eigenvalue weighted by molar-refractivity contribution is -0.113. The summed E-state index contributed by atoms with van der Waals surface area (Å²) in [5.41, 5.74) is 1.47. The van der Waals surface area contributed by atoms with Crippen molar-refractivity contribution in [2.24, 2.45) is 0 Å². The molecule has 6 nitrogen and oxygen atoms in total. The van der Waals surface area contributed by atoms with Crippen molar-refractivity contribution in [2.75, 3.05) is 17.7 Å². The number of ether oxygens (including phenoxy) is 1. The number of carbonyl (C=O) groups excluding carboxylic acids is 1. The standard InChI is InChI=1S/C20H27N3O3S/c1-4-6-13(3)23-19-17(20(25)22-23)18(27-12-16(24)21-19)14-7-9-15(10-8-14)26-11-5-2/h7-10,13,18H,4-6,11-12H2,1-3H3,(H,21,24)(H,22,25)/t13-,18+/m0/s1. The number of amides is 1. The molecule has 146 valence electrons. The van der Waals surface area contributed by atoms with Gasteiger partial charge < -0.3 is 10.1 Å². The van der Waals surface area contributed by atoms with Gasteiger partial charge in [-0.2, -0.15) is 0 Å². The van der Waals surface area contributed by atoms with Crippen LogP contribution >= 0.6 is 11.8 Å². The summed E-state index contributed by atoms with van der Waals surface area (Å²) in [5.74, 6) is 1.65. The molecule has 7 heteroatoms. The Hall–Kier alpha value is -2.15. The topological polar surface area (TPSA) is 76.1 Å². The number of rotatable bonds is 7. The Balaban J connectivity index is 1.99. The first-order valence-electron chi connectivity index (χ1n) is 9.53. The number of benzene rings is 1. The predicted molar refractivity (Wildman–Crippen MR) is 110 cm³/mol. The van der Waals surface area contributed by atoms with Crippen LogP contribution in [-0.2, 0) is 4.79 Å². The monoisotopic (exact) mass is 389 g/mol. The molecule has 0 unspecified atom stereocenters. The number of carbonyl (C=O) groups is 1. The van der Waals surface area contributed by atoms with Crippen molar-refractivity contribution >= 4 is 23.5 Å². The fourth-order valence-electron chi connectivity index (χ4n) is 3.34. The van der Waals surface area contributed by atoms with Gasteiger partial charge in [0.1, 0.15) is 11.6 Å². The van der Waals surface area contributed by atoms with Gasteiger partial charge in [-0.15, -0.1) is 11.8 Å². The molecule has 27 heavy (non-hydrogen) atoms. The fourth-order valence-corrected chi connectivity index (χ4v) is 4.47. The van der Waals surface area contributed by atoms with Gasteiger partial charge in [-0.3, -0.25) is 19.4 Å². The third-order valence-electron chi connectivity index (χ3n) is 4.67. The number of aromatic nitrogens is 2. The van der Waals surface area contributed by atoms with Crippen molar-refractivity contribution in [1.82, 2.24) is 9.78 Å². The minimum Gasteiger partial charge on any atom is -0.494 e. The van der Waals surface area contributed by atoms with Gasteiger partial charge in [0.25, 0.3) is 5.56 Å². The second kappa shape index (κ2) is 8.69. The van der Waals surface area contributed by atoms with Crippen LogP contribution in [0.4, 0.5) is 5.82 Å². The van der Waals surface area contributed by atoms with E-state index >= 15 is 0 Å². The maximum absolute atomic E-state index is 12.8. The maximum Gasteiger partial charge on any atom is 0.270 e. The Morgan fingerprint density at radius 1 is 1.22 bits per heavy atom. The summed E-state index contributed by atoms with van der Waals surface area (Å²) in [5, 5.41) is 5.68. The first kappa shape index (κ1) is 19.6. The zero-order valence-corrected chi connectivity index (χ0v) is 16.9. The SMILES string of the molecule is CCCOc1ccc([C@H]2SCC(=O)Nc3c2c(=O)[nH]n3[C@@H](C)CCC)cc1. The Morgan fingerprint density at radius 2 is 1.96 bits per heavy atom. The quantitative estimate of drug-likeness (QED) is 0.747. The molecule has 2 aromatic rings. The first-order valence-corrected chi connectivity index (χ1v) is 10.6. The van der Waals surface area contributed by atoms with Crippen LogP contribution in [0.25, 0.3) is 0 Å². The van der Waals surface area contributed by atoms with Crippen molar-refractivity contribution in [2.45, 2.75) is 51.3 Å². The van der Waals surface area contributed by atoms with Crippen molar-refractivity contribution < 1.29 is 9.53 Å². The van der Waals surface area contributed by atoms with E-state index in [4.69, 9.17) is 4.74 Å². The molecule has 2 atom stereocenters. The molecular weight excluding hydrogens is 362 g/mol. The molecule has 0 saturated heterocycles. The molecule has 0 radical (unpaired) electrons. The summed E-state index contributed by atoms with van der Waals surface area (Å²) in [6.07, 6.45) is 2.88. The molecule has 0 bridgehead atoms. The Bertz CT molecular complexity index is 841. The number of aromatic amines is 1. The average Bonchev–Trinajstić information content (AvgIpc) is 2.87. The van der Waals surface area contributed by atoms with E-state index in [1.165, 1.54) is 11.8 Å². The second-order valence-electron chi connectivity index (χ2n) is 6.87. The van der Waals surface area contributed by atoms with E-state index in [0.29, 0.717) is 23.7 Å². The van der Waals surface area contributed by atoms with Crippen LogP contribution in [0, 0.1) is 0 Å². The Morgan fingerprint density at radius 3 is 2.63 bits per heavy atom. The highest BCUT2D eigenvalue weighted by molar-refractivity contribution is 8.00. The van der Waals surface area contributed by atoms with E-state index in [9.17, 15) is 9.59 Å². The third-order valence-corrected chi connectivity index (χ3v) is 5.94. The molecule has 1 aromatic heterocycles. The number of nitrogens with one attached hydrogen (secondary N) is 2. The molecule has 0 fully saturated rings. The summed E-state index contributed by atoms with van der Waals surface area (Å²) < 4.78 is 7.47. The van der Waals surface area contributed by atoms with Gasteiger partial charge in [0.2, 0.25) is 5.91 Å². The van der Waals surface area contributed by atoms with Crippen molar-refractivity contribution in [3.63, 3.8) is 0 Å². The molecule has 1 aromatic carbocycles. The molecule has 0 aliphatic carbocycles. The van der Waals surface area contributed by atoms with Gasteiger partial charge >= 0.3 is 0 Å². The van der Waals surface area contributed by atoms with Crippen molar-refractivity contribution in [3.8, 4) is 5.75 Å². The molecule has 1 amide bonds. The molecule has 2 N–H and O–H groups in total. The lowest BCUT2D eigenvalue weighted by atomic mass is 10.1. The van der Waals surface area contributed by atoms with E-state index in [1.807, 2.05) is 28.9 Å². The van der Waals surface area contributed by atoms with E-state index < -0.39 is 0 Å². The molecule has 0 spiro atoms. The average molecular weight is 390 g/mol. The van der Waals surface area contributed by atoms with Crippen LogP contribution in [0.2, 0.25) is 0 Å². The number of hydrogen-bond donors (Lipinski definition) is 2. The smallest absolute Gasteiger partial charge is 0.270 e. The molecule has 1 aliphatic rings. The number of anilines is 1. The zero-order chi connectivity index (χ0) is 19.4. The highest BCUT2D eigenvalue weighted by Gasteiger charge is 2.31. The Labute approximate surface area is 163 Å². The van der Waals surface area contributed by atoms with Crippen molar-refractivity contribution in [1.29, 1.82) is 0 Å². The van der Waals surface area contributed by atoms with E-state index in [1.54, 1.807) is 0 Å². The van der Waals surface area contributed by atoms with Gasteiger partial charge in [0.05, 0.1) is 23.2 Å². The Kier molecular flexibility index (Phi) is 6.31. The molecule has 1 aliphatic heterocycles. The number of thioether (sulfide) groups is 1. The number of hydrogen-bond acceptors (Lipinski definition) is 4. The van der Waals surface area contributed by atoms with Crippen LogP contribution in [-0.4, -0.2) is 28.0 Å². The van der Waals surface area contributed by atoms with Crippen LogP contribution in [0.3, 0.4) is 0 Å². The summed E-state index contributed by atoms with van der Waals surface area (Å²) in [4.78, 5) is 25.0. The molecule has 0 saturated carbocycles. The van der Waals surface area contributed by atoms with Crippen LogP contribution in [0.5, 0.6) is 5.75 Å².